The number of amides is 2. The first kappa shape index (κ1) is 15.2. The smallest absolute Gasteiger partial charge is 0.317 e. The summed E-state index contributed by atoms with van der Waals surface area (Å²) in [6, 6.07) is -0.190. The summed E-state index contributed by atoms with van der Waals surface area (Å²) in [5.74, 6) is 0. The molecule has 2 heterocycles. The molecule has 20 heavy (non-hydrogen) atoms. The number of thiazole rings is 1. The van der Waals surface area contributed by atoms with E-state index < -0.39 is 15.1 Å². The van der Waals surface area contributed by atoms with Gasteiger partial charge < -0.3 is 10.2 Å². The molecule has 2 rings (SSSR count). The summed E-state index contributed by atoms with van der Waals surface area (Å²) >= 11 is 1.62. The molecule has 0 saturated carbocycles. The normalized spacial score (nSPS) is 19.3. The summed E-state index contributed by atoms with van der Waals surface area (Å²) in [5, 5.41) is 3.39. The van der Waals surface area contributed by atoms with Crippen LogP contribution in [0.2, 0.25) is 0 Å². The molecule has 8 heteroatoms. The summed E-state index contributed by atoms with van der Waals surface area (Å²) in [5.41, 5.74) is 0. The van der Waals surface area contributed by atoms with Crippen LogP contribution in [0.3, 0.4) is 0 Å². The van der Waals surface area contributed by atoms with E-state index in [1.807, 2.05) is 13.1 Å². The molecule has 2 amide bonds. The predicted octanol–water partition coefficient (Wildman–Crippen LogP) is 0.823. The van der Waals surface area contributed by atoms with E-state index in [1.165, 1.54) is 6.26 Å². The summed E-state index contributed by atoms with van der Waals surface area (Å²) in [4.78, 5) is 18.9. The first-order valence-corrected chi connectivity index (χ1v) is 9.26. The molecule has 112 valence electrons. The predicted molar refractivity (Wildman–Crippen MR) is 78.8 cm³/mol. The molecule has 0 unspecified atom stereocenters. The van der Waals surface area contributed by atoms with Gasteiger partial charge in [-0.2, -0.15) is 0 Å². The lowest BCUT2D eigenvalue weighted by molar-refractivity contribution is 0.209. The Hall–Kier alpha value is -1.15. The van der Waals surface area contributed by atoms with Crippen molar-refractivity contribution in [1.29, 1.82) is 0 Å². The highest BCUT2D eigenvalue weighted by Gasteiger charge is 2.32. The summed E-state index contributed by atoms with van der Waals surface area (Å²) < 4.78 is 22.9. The molecule has 1 atom stereocenters. The van der Waals surface area contributed by atoms with Gasteiger partial charge in [-0.05, 0) is 13.3 Å². The number of carbonyl (C=O) groups excluding carboxylic acids is 1. The number of rotatable bonds is 4. The fraction of sp³-hybridized carbons (Fsp3) is 0.667. The maximum Gasteiger partial charge on any atom is 0.317 e. The van der Waals surface area contributed by atoms with E-state index in [4.69, 9.17) is 0 Å². The van der Waals surface area contributed by atoms with Gasteiger partial charge in [0.2, 0.25) is 0 Å². The second-order valence-corrected chi connectivity index (χ2v) is 8.68. The topological polar surface area (TPSA) is 79.4 Å². The van der Waals surface area contributed by atoms with Crippen LogP contribution in [0.25, 0.3) is 0 Å². The highest BCUT2D eigenvalue weighted by molar-refractivity contribution is 7.91. The first-order valence-electron chi connectivity index (χ1n) is 6.49. The maximum atomic E-state index is 11.9. The lowest BCUT2D eigenvalue weighted by Crippen LogP contribution is -2.40. The quantitative estimate of drug-likeness (QED) is 0.892. The summed E-state index contributed by atoms with van der Waals surface area (Å²) in [6.45, 7) is 3.31. The van der Waals surface area contributed by atoms with Crippen molar-refractivity contribution >= 4 is 27.2 Å². The monoisotopic (exact) mass is 317 g/mol. The van der Waals surface area contributed by atoms with E-state index in [0.717, 1.165) is 9.88 Å². The second kappa shape index (κ2) is 6.09. The number of sulfone groups is 1. The molecule has 1 aromatic rings. The van der Waals surface area contributed by atoms with Crippen molar-refractivity contribution < 1.29 is 13.2 Å². The Morgan fingerprint density at radius 1 is 1.60 bits per heavy atom. The van der Waals surface area contributed by atoms with Crippen LogP contribution in [0.5, 0.6) is 0 Å². The van der Waals surface area contributed by atoms with Crippen LogP contribution in [0.4, 0.5) is 4.79 Å². The molecule has 1 fully saturated rings. The standard InChI is InChI=1S/C12H19N3O3S2/c1-9-7-14-11(19-9)3-5-13-12(16)15-6-4-10(8-15)20(2,17)18/h7,10H,3-6,8H2,1-2H3,(H,13,16)/t10-/m0/s1. The molecule has 0 radical (unpaired) electrons. The molecular weight excluding hydrogens is 298 g/mol. The molecule has 1 aliphatic heterocycles. The first-order chi connectivity index (χ1) is 9.36. The molecule has 0 spiro atoms. The van der Waals surface area contributed by atoms with Gasteiger partial charge in [-0.3, -0.25) is 0 Å². The van der Waals surface area contributed by atoms with Crippen molar-refractivity contribution in [2.75, 3.05) is 25.9 Å². The van der Waals surface area contributed by atoms with E-state index in [2.05, 4.69) is 10.3 Å². The number of nitrogens with one attached hydrogen (secondary N) is 1. The van der Waals surface area contributed by atoms with Crippen molar-refractivity contribution in [2.24, 2.45) is 0 Å². The summed E-state index contributed by atoms with van der Waals surface area (Å²) in [6.07, 6.45) is 4.27. The number of aromatic nitrogens is 1. The SMILES string of the molecule is Cc1cnc(CCNC(=O)N2CC[C@H](S(C)(=O)=O)C2)s1. The van der Waals surface area contributed by atoms with Crippen LogP contribution in [-0.2, 0) is 16.3 Å². The minimum atomic E-state index is -3.06. The van der Waals surface area contributed by atoms with Crippen LogP contribution in [0, 0.1) is 6.92 Å². The maximum absolute atomic E-state index is 11.9. The number of nitrogens with zero attached hydrogens (tertiary/aromatic N) is 2. The van der Waals surface area contributed by atoms with E-state index >= 15 is 0 Å². The van der Waals surface area contributed by atoms with Crippen LogP contribution in [0.1, 0.15) is 16.3 Å². The number of aryl methyl sites for hydroxylation is 1. The van der Waals surface area contributed by atoms with Gasteiger partial charge >= 0.3 is 6.03 Å². The largest absolute Gasteiger partial charge is 0.338 e. The fourth-order valence-electron chi connectivity index (χ4n) is 2.17. The Kier molecular flexibility index (Phi) is 4.64. The fourth-order valence-corrected chi connectivity index (χ4v) is 3.94. The van der Waals surface area contributed by atoms with Gasteiger partial charge in [0.25, 0.3) is 0 Å². The molecule has 1 aliphatic rings. The van der Waals surface area contributed by atoms with Crippen molar-refractivity contribution in [3.8, 4) is 0 Å². The molecule has 6 nitrogen and oxygen atoms in total. The average molecular weight is 317 g/mol. The zero-order chi connectivity index (χ0) is 14.8. The molecule has 0 aromatic carbocycles. The third-order valence-electron chi connectivity index (χ3n) is 3.32. The Bertz CT molecular complexity index is 583. The van der Waals surface area contributed by atoms with Gasteiger partial charge in [0, 0.05) is 43.4 Å². The highest BCUT2D eigenvalue weighted by Crippen LogP contribution is 2.16. The third-order valence-corrected chi connectivity index (χ3v) is 5.89. The van der Waals surface area contributed by atoms with Crippen molar-refractivity contribution in [3.63, 3.8) is 0 Å². The van der Waals surface area contributed by atoms with Gasteiger partial charge in [-0.15, -0.1) is 11.3 Å². The lowest BCUT2D eigenvalue weighted by atomic mass is 10.4. The van der Waals surface area contributed by atoms with Crippen molar-refractivity contribution in [1.82, 2.24) is 15.2 Å². The molecular formula is C12H19N3O3S2. The highest BCUT2D eigenvalue weighted by atomic mass is 32.2. The van der Waals surface area contributed by atoms with Crippen molar-refractivity contribution in [3.05, 3.63) is 16.1 Å². The van der Waals surface area contributed by atoms with E-state index in [9.17, 15) is 13.2 Å². The van der Waals surface area contributed by atoms with Gasteiger partial charge in [0.1, 0.15) is 0 Å². The second-order valence-electron chi connectivity index (χ2n) is 5.03. The van der Waals surface area contributed by atoms with Crippen LogP contribution >= 0.6 is 11.3 Å². The Balaban J connectivity index is 1.76. The summed E-state index contributed by atoms with van der Waals surface area (Å²) in [7, 11) is -3.06. The number of urea groups is 1. The van der Waals surface area contributed by atoms with E-state index in [1.54, 1.807) is 16.2 Å². The van der Waals surface area contributed by atoms with Crippen LogP contribution < -0.4 is 5.32 Å². The van der Waals surface area contributed by atoms with Gasteiger partial charge in [-0.1, -0.05) is 0 Å². The van der Waals surface area contributed by atoms with Gasteiger partial charge in [-0.25, -0.2) is 18.2 Å². The minimum absolute atomic E-state index is 0.190. The minimum Gasteiger partial charge on any atom is -0.338 e. The van der Waals surface area contributed by atoms with Gasteiger partial charge in [0.15, 0.2) is 9.84 Å². The van der Waals surface area contributed by atoms with Crippen LogP contribution in [-0.4, -0.2) is 55.5 Å². The van der Waals surface area contributed by atoms with E-state index in [-0.39, 0.29) is 6.03 Å². The Labute approximate surface area is 123 Å². The molecule has 1 N–H and O–H groups in total. The molecule has 1 aromatic heterocycles. The van der Waals surface area contributed by atoms with Gasteiger partial charge in [0.05, 0.1) is 10.3 Å². The molecule has 1 saturated heterocycles. The van der Waals surface area contributed by atoms with E-state index in [0.29, 0.717) is 32.5 Å². The Morgan fingerprint density at radius 3 is 2.90 bits per heavy atom. The number of hydrogen-bond acceptors (Lipinski definition) is 5. The number of likely N-dealkylation sites (tertiary alicyclic amines) is 1. The Morgan fingerprint density at radius 2 is 2.35 bits per heavy atom. The molecule has 0 bridgehead atoms. The number of carbonyl (C=O) groups is 1. The average Bonchev–Trinajstić information content (AvgIpc) is 2.97. The van der Waals surface area contributed by atoms with Crippen LogP contribution in [0.15, 0.2) is 6.20 Å². The van der Waals surface area contributed by atoms with Crippen molar-refractivity contribution in [2.45, 2.75) is 25.0 Å². The lowest BCUT2D eigenvalue weighted by Gasteiger charge is -2.16. The zero-order valence-electron chi connectivity index (χ0n) is 11.6. The third kappa shape index (κ3) is 3.92. The molecule has 0 aliphatic carbocycles. The zero-order valence-corrected chi connectivity index (χ0v) is 13.3. The number of hydrogen-bond donors (Lipinski definition) is 1.